The molecule has 1 aliphatic rings. The van der Waals surface area contributed by atoms with Crippen LogP contribution in [0.5, 0.6) is 5.75 Å². The van der Waals surface area contributed by atoms with E-state index in [1.807, 2.05) is 24.3 Å². The molecule has 4 N–H and O–H groups in total. The van der Waals surface area contributed by atoms with Gasteiger partial charge in [0, 0.05) is 36.0 Å². The lowest BCUT2D eigenvalue weighted by molar-refractivity contribution is 0.100. The number of nitrogens with one attached hydrogen (secondary N) is 2. The SMILES string of the molecule is COc1ccccc1C1CNCC1Nc1ncnc2c(C(N)=O)cccc12. The van der Waals surface area contributed by atoms with Crippen molar-refractivity contribution in [1.82, 2.24) is 15.3 Å². The van der Waals surface area contributed by atoms with E-state index in [4.69, 9.17) is 10.5 Å². The smallest absolute Gasteiger partial charge is 0.250 e. The standard InChI is InChI=1S/C20H21N5O2/c1-27-17-8-3-2-5-12(17)15-9-22-10-16(15)25-20-14-7-4-6-13(19(21)26)18(14)23-11-24-20/h2-8,11,15-16,22H,9-10H2,1H3,(H2,21,26)(H,23,24,25). The molecule has 0 bridgehead atoms. The number of aromatic nitrogens is 2. The summed E-state index contributed by atoms with van der Waals surface area (Å²) in [7, 11) is 1.69. The first-order chi connectivity index (χ1) is 13.2. The molecule has 2 aromatic carbocycles. The summed E-state index contributed by atoms with van der Waals surface area (Å²) in [6.07, 6.45) is 1.46. The first-order valence-electron chi connectivity index (χ1n) is 8.82. The fourth-order valence-electron chi connectivity index (χ4n) is 3.71. The van der Waals surface area contributed by atoms with Crippen molar-refractivity contribution >= 4 is 22.6 Å². The summed E-state index contributed by atoms with van der Waals surface area (Å²) < 4.78 is 5.54. The second-order valence-corrected chi connectivity index (χ2v) is 6.55. The molecule has 1 fully saturated rings. The molecule has 1 aliphatic heterocycles. The lowest BCUT2D eigenvalue weighted by Gasteiger charge is -2.23. The zero-order valence-electron chi connectivity index (χ0n) is 15.0. The van der Waals surface area contributed by atoms with Crippen molar-refractivity contribution in [2.24, 2.45) is 5.73 Å². The Morgan fingerprint density at radius 2 is 2.04 bits per heavy atom. The summed E-state index contributed by atoms with van der Waals surface area (Å²) in [5, 5.41) is 7.74. The Bertz CT molecular complexity index is 991. The van der Waals surface area contributed by atoms with Crippen molar-refractivity contribution in [1.29, 1.82) is 0 Å². The number of anilines is 1. The van der Waals surface area contributed by atoms with Gasteiger partial charge in [0.05, 0.1) is 18.2 Å². The van der Waals surface area contributed by atoms with Crippen molar-refractivity contribution < 1.29 is 9.53 Å². The summed E-state index contributed by atoms with van der Waals surface area (Å²) in [5.41, 5.74) is 7.58. The number of primary amides is 1. The number of hydrogen-bond donors (Lipinski definition) is 3. The van der Waals surface area contributed by atoms with Crippen LogP contribution in [0.1, 0.15) is 21.8 Å². The molecule has 2 heterocycles. The molecule has 7 nitrogen and oxygen atoms in total. The van der Waals surface area contributed by atoms with Gasteiger partial charge in [-0.05, 0) is 18.2 Å². The second kappa shape index (κ2) is 7.20. The number of nitrogens with zero attached hydrogens (tertiary/aromatic N) is 2. The van der Waals surface area contributed by atoms with Gasteiger partial charge in [0.15, 0.2) is 0 Å². The van der Waals surface area contributed by atoms with Gasteiger partial charge >= 0.3 is 0 Å². The monoisotopic (exact) mass is 363 g/mol. The first kappa shape index (κ1) is 17.2. The normalized spacial score (nSPS) is 19.1. The molecule has 1 aromatic heterocycles. The van der Waals surface area contributed by atoms with Crippen LogP contribution in [0.15, 0.2) is 48.8 Å². The highest BCUT2D eigenvalue weighted by atomic mass is 16.5. The summed E-state index contributed by atoms with van der Waals surface area (Å²) in [6.45, 7) is 1.64. The molecule has 3 aromatic rings. The van der Waals surface area contributed by atoms with E-state index in [9.17, 15) is 4.79 Å². The minimum absolute atomic E-state index is 0.122. The second-order valence-electron chi connectivity index (χ2n) is 6.55. The van der Waals surface area contributed by atoms with Crippen molar-refractivity contribution in [2.45, 2.75) is 12.0 Å². The summed E-state index contributed by atoms with van der Waals surface area (Å²) in [4.78, 5) is 20.4. The van der Waals surface area contributed by atoms with Gasteiger partial charge in [-0.1, -0.05) is 24.3 Å². The highest BCUT2D eigenvalue weighted by Crippen LogP contribution is 2.33. The number of carbonyl (C=O) groups excluding carboxylic acids is 1. The third-order valence-electron chi connectivity index (χ3n) is 5.00. The van der Waals surface area contributed by atoms with Crippen molar-refractivity contribution in [3.63, 3.8) is 0 Å². The number of para-hydroxylation sites is 2. The number of rotatable bonds is 5. The average molecular weight is 363 g/mol. The Hall–Kier alpha value is -3.19. The number of nitrogens with two attached hydrogens (primary N) is 1. The third-order valence-corrected chi connectivity index (χ3v) is 5.00. The molecule has 0 aliphatic carbocycles. The fraction of sp³-hybridized carbons (Fsp3) is 0.250. The van der Waals surface area contributed by atoms with Crippen molar-refractivity contribution in [3.8, 4) is 5.75 Å². The van der Waals surface area contributed by atoms with Gasteiger partial charge in [-0.2, -0.15) is 0 Å². The van der Waals surface area contributed by atoms with Crippen LogP contribution in [0.25, 0.3) is 10.9 Å². The zero-order chi connectivity index (χ0) is 18.8. The van der Waals surface area contributed by atoms with Gasteiger partial charge in [0.1, 0.15) is 17.9 Å². The number of hydrogen-bond acceptors (Lipinski definition) is 6. The van der Waals surface area contributed by atoms with E-state index in [-0.39, 0.29) is 12.0 Å². The van der Waals surface area contributed by atoms with Gasteiger partial charge in [-0.15, -0.1) is 0 Å². The first-order valence-corrected chi connectivity index (χ1v) is 8.82. The minimum Gasteiger partial charge on any atom is -0.496 e. The lowest BCUT2D eigenvalue weighted by Crippen LogP contribution is -2.28. The summed E-state index contributed by atoms with van der Waals surface area (Å²) >= 11 is 0. The predicted molar refractivity (Wildman–Crippen MR) is 104 cm³/mol. The van der Waals surface area contributed by atoms with Crippen LogP contribution in [-0.4, -0.2) is 42.1 Å². The van der Waals surface area contributed by atoms with E-state index in [1.165, 1.54) is 6.33 Å². The van der Waals surface area contributed by atoms with Crippen LogP contribution in [0.3, 0.4) is 0 Å². The highest BCUT2D eigenvalue weighted by molar-refractivity contribution is 6.06. The molecule has 0 spiro atoms. The maximum absolute atomic E-state index is 11.7. The van der Waals surface area contributed by atoms with Crippen LogP contribution in [0.2, 0.25) is 0 Å². The van der Waals surface area contributed by atoms with Crippen LogP contribution in [0, 0.1) is 0 Å². The molecule has 4 rings (SSSR count). The fourth-order valence-corrected chi connectivity index (χ4v) is 3.71. The van der Waals surface area contributed by atoms with E-state index in [0.717, 1.165) is 29.8 Å². The Labute approximate surface area is 157 Å². The maximum atomic E-state index is 11.7. The van der Waals surface area contributed by atoms with Gasteiger partial charge in [-0.3, -0.25) is 4.79 Å². The summed E-state index contributed by atoms with van der Waals surface area (Å²) in [6, 6.07) is 13.5. The van der Waals surface area contributed by atoms with E-state index < -0.39 is 5.91 Å². The largest absolute Gasteiger partial charge is 0.496 e. The molecule has 1 saturated heterocycles. The van der Waals surface area contributed by atoms with Crippen LogP contribution in [-0.2, 0) is 0 Å². The molecule has 138 valence electrons. The number of ether oxygens (including phenoxy) is 1. The van der Waals surface area contributed by atoms with E-state index >= 15 is 0 Å². The third kappa shape index (κ3) is 3.17. The zero-order valence-corrected chi connectivity index (χ0v) is 15.0. The van der Waals surface area contributed by atoms with Gasteiger partial charge in [-0.25, -0.2) is 9.97 Å². The number of methoxy groups -OCH3 is 1. The van der Waals surface area contributed by atoms with E-state index in [0.29, 0.717) is 16.9 Å². The molecular weight excluding hydrogens is 342 g/mol. The molecule has 1 amide bonds. The van der Waals surface area contributed by atoms with Crippen LogP contribution < -0.4 is 21.1 Å². The molecule has 0 saturated carbocycles. The Morgan fingerprint density at radius 1 is 1.19 bits per heavy atom. The predicted octanol–water partition coefficient (Wildman–Crippen LogP) is 1.90. The topological polar surface area (TPSA) is 102 Å². The Morgan fingerprint density at radius 3 is 2.85 bits per heavy atom. The number of benzene rings is 2. The number of fused-ring (bicyclic) bond motifs is 1. The lowest BCUT2D eigenvalue weighted by atomic mass is 9.93. The number of amides is 1. The van der Waals surface area contributed by atoms with E-state index in [1.54, 1.807) is 19.2 Å². The average Bonchev–Trinajstić information content (AvgIpc) is 3.15. The molecule has 2 atom stereocenters. The molecule has 7 heteroatoms. The molecule has 2 unspecified atom stereocenters. The van der Waals surface area contributed by atoms with Crippen molar-refractivity contribution in [2.75, 3.05) is 25.5 Å². The number of carbonyl (C=O) groups is 1. The van der Waals surface area contributed by atoms with E-state index in [2.05, 4.69) is 26.7 Å². The Kier molecular flexibility index (Phi) is 4.60. The molecule has 0 radical (unpaired) electrons. The van der Waals surface area contributed by atoms with Crippen LogP contribution in [0.4, 0.5) is 5.82 Å². The van der Waals surface area contributed by atoms with Crippen molar-refractivity contribution in [3.05, 3.63) is 59.9 Å². The Balaban J connectivity index is 1.69. The summed E-state index contributed by atoms with van der Waals surface area (Å²) in [5.74, 6) is 1.29. The molecular formula is C20H21N5O2. The molecule has 27 heavy (non-hydrogen) atoms. The maximum Gasteiger partial charge on any atom is 0.250 e. The minimum atomic E-state index is -0.500. The van der Waals surface area contributed by atoms with Gasteiger partial charge in [0.2, 0.25) is 0 Å². The van der Waals surface area contributed by atoms with Crippen LogP contribution >= 0.6 is 0 Å². The quantitative estimate of drug-likeness (QED) is 0.640. The van der Waals surface area contributed by atoms with Gasteiger partial charge in [0.25, 0.3) is 5.91 Å². The van der Waals surface area contributed by atoms with Gasteiger partial charge < -0.3 is 21.1 Å². The highest BCUT2D eigenvalue weighted by Gasteiger charge is 2.31.